The molecule has 0 unspecified atom stereocenters. The highest BCUT2D eigenvalue weighted by molar-refractivity contribution is 5.94. The molecule has 150 valence electrons. The topological polar surface area (TPSA) is 64.0 Å². The molecule has 1 amide bonds. The van der Waals surface area contributed by atoms with Crippen LogP contribution in [0.25, 0.3) is 0 Å². The first-order valence-electron chi connectivity index (χ1n) is 8.73. The minimum atomic E-state index is -4.45. The summed E-state index contributed by atoms with van der Waals surface area (Å²) in [6, 6.07) is 10.0. The summed E-state index contributed by atoms with van der Waals surface area (Å²) >= 11 is 0. The van der Waals surface area contributed by atoms with Crippen molar-refractivity contribution in [2.24, 2.45) is 7.05 Å². The minimum absolute atomic E-state index is 0.248. The van der Waals surface area contributed by atoms with Gasteiger partial charge in [0, 0.05) is 25.5 Å². The van der Waals surface area contributed by atoms with Gasteiger partial charge in [0.1, 0.15) is 0 Å². The van der Waals surface area contributed by atoms with E-state index in [1.807, 2.05) is 0 Å². The summed E-state index contributed by atoms with van der Waals surface area (Å²) in [5, 5.41) is 2.81. The van der Waals surface area contributed by atoms with Crippen LogP contribution in [0.15, 0.2) is 65.7 Å². The van der Waals surface area contributed by atoms with Crippen LogP contribution in [0.5, 0.6) is 0 Å². The van der Waals surface area contributed by atoms with E-state index in [4.69, 9.17) is 0 Å². The maximum Gasteiger partial charge on any atom is 0.416 e. The van der Waals surface area contributed by atoms with E-state index in [0.717, 1.165) is 17.7 Å². The lowest BCUT2D eigenvalue weighted by Crippen LogP contribution is -2.31. The SMILES string of the molecule is Cc1cccnc1[C@@H](NC(=O)c1ccc(=O)n(C)c1)c1ccc(C(F)(F)F)cc1. The van der Waals surface area contributed by atoms with Crippen molar-refractivity contribution in [3.05, 3.63) is 99.2 Å². The predicted molar refractivity (Wildman–Crippen MR) is 101 cm³/mol. The van der Waals surface area contributed by atoms with Crippen molar-refractivity contribution in [3.8, 4) is 0 Å². The summed E-state index contributed by atoms with van der Waals surface area (Å²) in [6.07, 6.45) is -1.50. The van der Waals surface area contributed by atoms with Gasteiger partial charge in [0.2, 0.25) is 5.56 Å². The molecule has 8 heteroatoms. The molecule has 0 spiro atoms. The fraction of sp³-hybridized carbons (Fsp3) is 0.190. The molecule has 1 N–H and O–H groups in total. The van der Waals surface area contributed by atoms with Crippen molar-refractivity contribution in [1.82, 2.24) is 14.9 Å². The summed E-state index contributed by atoms with van der Waals surface area (Å²) in [4.78, 5) is 28.6. The van der Waals surface area contributed by atoms with Crippen LogP contribution in [0.1, 0.15) is 38.8 Å². The van der Waals surface area contributed by atoms with Crippen molar-refractivity contribution in [2.75, 3.05) is 0 Å². The average molecular weight is 401 g/mol. The lowest BCUT2D eigenvalue weighted by molar-refractivity contribution is -0.137. The van der Waals surface area contributed by atoms with Crippen molar-refractivity contribution < 1.29 is 18.0 Å². The Morgan fingerprint density at radius 3 is 2.38 bits per heavy atom. The van der Waals surface area contributed by atoms with E-state index in [0.29, 0.717) is 11.3 Å². The Bertz CT molecular complexity index is 1090. The first-order valence-corrected chi connectivity index (χ1v) is 8.73. The van der Waals surface area contributed by atoms with E-state index in [2.05, 4.69) is 10.3 Å². The molecule has 0 bridgehead atoms. The summed E-state index contributed by atoms with van der Waals surface area (Å²) in [6.45, 7) is 1.80. The van der Waals surface area contributed by atoms with Gasteiger partial charge in [-0.1, -0.05) is 18.2 Å². The molecule has 1 aromatic carbocycles. The fourth-order valence-corrected chi connectivity index (χ4v) is 2.92. The van der Waals surface area contributed by atoms with Gasteiger partial charge in [0.25, 0.3) is 5.91 Å². The van der Waals surface area contributed by atoms with E-state index in [-0.39, 0.29) is 11.1 Å². The quantitative estimate of drug-likeness (QED) is 0.726. The number of carbonyl (C=O) groups is 1. The van der Waals surface area contributed by atoms with Gasteiger partial charge in [0.15, 0.2) is 0 Å². The molecule has 2 aromatic heterocycles. The molecule has 3 aromatic rings. The summed E-state index contributed by atoms with van der Waals surface area (Å²) in [5.41, 5.74) is 0.961. The van der Waals surface area contributed by atoms with Crippen LogP contribution in [-0.4, -0.2) is 15.5 Å². The number of pyridine rings is 2. The van der Waals surface area contributed by atoms with Gasteiger partial charge in [-0.25, -0.2) is 0 Å². The van der Waals surface area contributed by atoms with E-state index >= 15 is 0 Å². The van der Waals surface area contributed by atoms with Crippen LogP contribution in [0, 0.1) is 6.92 Å². The molecular weight excluding hydrogens is 383 g/mol. The van der Waals surface area contributed by atoms with Crippen molar-refractivity contribution in [2.45, 2.75) is 19.1 Å². The number of aryl methyl sites for hydroxylation is 2. The number of aromatic nitrogens is 2. The zero-order valence-corrected chi connectivity index (χ0v) is 15.7. The second kappa shape index (κ2) is 7.90. The molecule has 0 aliphatic heterocycles. The van der Waals surface area contributed by atoms with Gasteiger partial charge in [-0.3, -0.25) is 14.6 Å². The van der Waals surface area contributed by atoms with Gasteiger partial charge >= 0.3 is 6.18 Å². The third kappa shape index (κ3) is 4.53. The number of nitrogens with zero attached hydrogens (tertiary/aromatic N) is 2. The number of carbonyl (C=O) groups excluding carboxylic acids is 1. The number of hydrogen-bond donors (Lipinski definition) is 1. The first kappa shape index (κ1) is 20.3. The van der Waals surface area contributed by atoms with Crippen molar-refractivity contribution in [1.29, 1.82) is 0 Å². The van der Waals surface area contributed by atoms with Gasteiger partial charge in [-0.05, 0) is 42.3 Å². The van der Waals surface area contributed by atoms with Crippen molar-refractivity contribution >= 4 is 5.91 Å². The Kier molecular flexibility index (Phi) is 5.54. The normalized spacial score (nSPS) is 12.4. The van der Waals surface area contributed by atoms with Crippen LogP contribution >= 0.6 is 0 Å². The third-order valence-corrected chi connectivity index (χ3v) is 4.52. The number of nitrogens with one attached hydrogen (secondary N) is 1. The van der Waals surface area contributed by atoms with Crippen LogP contribution in [0.2, 0.25) is 0 Å². The second-order valence-electron chi connectivity index (χ2n) is 6.60. The number of amides is 1. The molecule has 1 atom stereocenters. The molecule has 0 saturated carbocycles. The lowest BCUT2D eigenvalue weighted by atomic mass is 9.98. The Labute approximate surface area is 164 Å². The minimum Gasteiger partial charge on any atom is -0.339 e. The Balaban J connectivity index is 2.00. The van der Waals surface area contributed by atoms with Gasteiger partial charge in [-0.2, -0.15) is 13.2 Å². The number of benzene rings is 1. The van der Waals surface area contributed by atoms with Crippen LogP contribution in [0.3, 0.4) is 0 Å². The van der Waals surface area contributed by atoms with E-state index < -0.39 is 23.7 Å². The highest BCUT2D eigenvalue weighted by Crippen LogP contribution is 2.31. The third-order valence-electron chi connectivity index (χ3n) is 4.52. The molecule has 0 fully saturated rings. The molecule has 0 radical (unpaired) electrons. The largest absolute Gasteiger partial charge is 0.416 e. The summed E-state index contributed by atoms with van der Waals surface area (Å²) < 4.78 is 40.0. The van der Waals surface area contributed by atoms with Gasteiger partial charge in [-0.15, -0.1) is 0 Å². The van der Waals surface area contributed by atoms with Gasteiger partial charge in [0.05, 0.1) is 22.9 Å². The average Bonchev–Trinajstić information content (AvgIpc) is 2.68. The molecule has 29 heavy (non-hydrogen) atoms. The summed E-state index contributed by atoms with van der Waals surface area (Å²) in [5.74, 6) is -0.476. The van der Waals surface area contributed by atoms with Crippen molar-refractivity contribution in [3.63, 3.8) is 0 Å². The Morgan fingerprint density at radius 1 is 1.10 bits per heavy atom. The van der Waals surface area contributed by atoms with E-state index in [1.165, 1.54) is 42.1 Å². The first-order chi connectivity index (χ1) is 13.7. The maximum absolute atomic E-state index is 12.9. The zero-order chi connectivity index (χ0) is 21.2. The highest BCUT2D eigenvalue weighted by atomic mass is 19.4. The zero-order valence-electron chi connectivity index (χ0n) is 15.7. The molecular formula is C21H18F3N3O2. The fourth-order valence-electron chi connectivity index (χ4n) is 2.92. The van der Waals surface area contributed by atoms with Crippen LogP contribution < -0.4 is 10.9 Å². The van der Waals surface area contributed by atoms with E-state index in [1.54, 1.807) is 25.3 Å². The molecule has 2 heterocycles. The monoisotopic (exact) mass is 401 g/mol. The molecule has 0 aliphatic rings. The number of hydrogen-bond acceptors (Lipinski definition) is 3. The standard InChI is InChI=1S/C21H18F3N3O2/c1-13-4-3-11-25-18(13)19(14-5-8-16(9-6-14)21(22,23)24)26-20(29)15-7-10-17(28)27(2)12-15/h3-12,19H,1-2H3,(H,26,29)/t19-/m0/s1. The lowest BCUT2D eigenvalue weighted by Gasteiger charge is -2.21. The molecule has 5 nitrogen and oxygen atoms in total. The number of rotatable bonds is 4. The Morgan fingerprint density at radius 2 is 1.79 bits per heavy atom. The van der Waals surface area contributed by atoms with Crippen LogP contribution in [0.4, 0.5) is 13.2 Å². The maximum atomic E-state index is 12.9. The molecule has 0 aliphatic carbocycles. The smallest absolute Gasteiger partial charge is 0.339 e. The van der Waals surface area contributed by atoms with Crippen LogP contribution in [-0.2, 0) is 13.2 Å². The Hall–Kier alpha value is -3.42. The predicted octanol–water partition coefficient (Wildman–Crippen LogP) is 3.63. The summed E-state index contributed by atoms with van der Waals surface area (Å²) in [7, 11) is 1.52. The molecule has 0 saturated heterocycles. The number of halogens is 3. The number of alkyl halides is 3. The molecule has 3 rings (SSSR count). The highest BCUT2D eigenvalue weighted by Gasteiger charge is 2.30. The van der Waals surface area contributed by atoms with E-state index in [9.17, 15) is 22.8 Å². The van der Waals surface area contributed by atoms with Gasteiger partial charge < -0.3 is 9.88 Å². The second-order valence-corrected chi connectivity index (χ2v) is 6.60.